The van der Waals surface area contributed by atoms with Crippen LogP contribution in [0.1, 0.15) is 56.2 Å². The topological polar surface area (TPSA) is 0 Å². The van der Waals surface area contributed by atoms with E-state index in [1.165, 1.54) is 54.9 Å². The Hall–Kier alpha value is -3.58. The first-order valence-corrected chi connectivity index (χ1v) is 33.0. The number of hydrogen-bond acceptors (Lipinski definition) is 0. The minimum atomic E-state index is -3.79. The third kappa shape index (κ3) is 4.55. The Morgan fingerprint density at radius 1 is 0.479 bits per heavy atom. The third-order valence-electron chi connectivity index (χ3n) is 12.9. The summed E-state index contributed by atoms with van der Waals surface area (Å²) in [5.74, 6) is -1.18. The second-order valence-corrected chi connectivity index (χ2v) is 53.4. The zero-order chi connectivity index (χ0) is 33.2. The van der Waals surface area contributed by atoms with E-state index in [9.17, 15) is 0 Å². The molecule has 2 unspecified atom stereocenters. The summed E-state index contributed by atoms with van der Waals surface area (Å²) in [5, 5.41) is 5.33. The van der Waals surface area contributed by atoms with E-state index in [-0.39, 0.29) is 0 Å². The standard InChI is InChI=1S/2C21H17.C2H7Si.2CH3.Zr/c2*1-2-15-13-17-9-6-12-20(21(17)14-15)19-11-5-8-16-7-3-4-10-18(16)19;1-3-2;;;/h2*3-14H,2H2,1H3;3H,1-2H3;2*1H3;. The molecule has 0 bridgehead atoms. The van der Waals surface area contributed by atoms with E-state index < -0.39 is 23.9 Å². The van der Waals surface area contributed by atoms with Crippen molar-refractivity contribution in [2.24, 2.45) is 0 Å². The van der Waals surface area contributed by atoms with E-state index in [4.69, 9.17) is 0 Å². The van der Waals surface area contributed by atoms with Gasteiger partial charge >= 0.3 is 291 Å². The van der Waals surface area contributed by atoms with Crippen molar-refractivity contribution in [3.8, 4) is 22.3 Å². The molecule has 6 aromatic rings. The molecule has 0 aliphatic heterocycles. The van der Waals surface area contributed by atoms with Gasteiger partial charge in [-0.3, -0.25) is 0 Å². The quantitative estimate of drug-likeness (QED) is 0.144. The molecule has 0 fully saturated rings. The Labute approximate surface area is 288 Å². The summed E-state index contributed by atoms with van der Waals surface area (Å²) in [4.78, 5) is 0. The minimum absolute atomic E-state index is 0.556. The van der Waals surface area contributed by atoms with E-state index in [1.807, 2.05) is 0 Å². The maximum atomic E-state index is 2.90. The van der Waals surface area contributed by atoms with Gasteiger partial charge in [0.05, 0.1) is 0 Å². The first kappa shape index (κ1) is 31.7. The summed E-state index contributed by atoms with van der Waals surface area (Å²) in [7, 11) is 0. The molecule has 2 aliphatic carbocycles. The fourth-order valence-corrected chi connectivity index (χ4v) is 39.8. The van der Waals surface area contributed by atoms with Gasteiger partial charge in [0.25, 0.3) is 0 Å². The molecule has 0 nitrogen and oxygen atoms in total. The molecule has 0 heterocycles. The van der Waals surface area contributed by atoms with E-state index in [2.05, 4.69) is 170 Å². The molecule has 2 heteroatoms. The van der Waals surface area contributed by atoms with Gasteiger partial charge in [0.2, 0.25) is 0 Å². The summed E-state index contributed by atoms with van der Waals surface area (Å²) in [6.07, 6.45) is 7.52. The van der Waals surface area contributed by atoms with Crippen LogP contribution < -0.4 is 0 Å². The zero-order valence-electron chi connectivity index (χ0n) is 29.3. The predicted octanol–water partition coefficient (Wildman–Crippen LogP) is 13.5. The van der Waals surface area contributed by atoms with E-state index in [0.717, 1.165) is 12.8 Å². The molecule has 239 valence electrons. The van der Waals surface area contributed by atoms with Crippen LogP contribution in [0.2, 0.25) is 22.4 Å². The zero-order valence-corrected chi connectivity index (χ0v) is 33.0. The summed E-state index contributed by atoms with van der Waals surface area (Å²) in [6, 6.07) is 46.0. The van der Waals surface area contributed by atoms with Gasteiger partial charge in [0, 0.05) is 0 Å². The molecule has 6 aromatic carbocycles. The average Bonchev–Trinajstić information content (AvgIpc) is 3.71. The molecule has 2 atom stereocenters. The molecule has 0 N–H and O–H groups in total. The van der Waals surface area contributed by atoms with Crippen molar-refractivity contribution in [1.29, 1.82) is 0 Å². The summed E-state index contributed by atoms with van der Waals surface area (Å²) < 4.78 is 6.92. The van der Waals surface area contributed by atoms with Gasteiger partial charge in [-0.2, -0.15) is 0 Å². The second kappa shape index (κ2) is 11.8. The molecule has 0 saturated carbocycles. The van der Waals surface area contributed by atoms with Crippen molar-refractivity contribution in [3.63, 3.8) is 0 Å². The van der Waals surface area contributed by atoms with Crippen molar-refractivity contribution in [2.45, 2.75) is 56.3 Å². The van der Waals surface area contributed by atoms with Gasteiger partial charge in [0.1, 0.15) is 0 Å². The predicted molar refractivity (Wildman–Crippen MR) is 211 cm³/mol. The van der Waals surface area contributed by atoms with Crippen LogP contribution in [-0.4, -0.2) is 5.92 Å². The second-order valence-electron chi connectivity index (χ2n) is 15.6. The molecule has 2 aliphatic rings. The Morgan fingerprint density at radius 2 is 0.854 bits per heavy atom. The third-order valence-corrected chi connectivity index (χ3v) is 59.7. The van der Waals surface area contributed by atoms with Gasteiger partial charge in [-0.15, -0.1) is 0 Å². The van der Waals surface area contributed by atoms with E-state index >= 15 is 0 Å². The Kier molecular flexibility index (Phi) is 7.78. The number of fused-ring (bicyclic) bond motifs is 4. The molecule has 0 saturated heterocycles. The number of hydrogen-bond donors (Lipinski definition) is 0. The average molecular weight is 719 g/mol. The molecule has 8 rings (SSSR count). The molecule has 0 spiro atoms. The fraction of sp³-hybridized carbons (Fsp3) is 0.217. The summed E-state index contributed by atoms with van der Waals surface area (Å²) >= 11 is -3.79. The number of benzene rings is 6. The van der Waals surface area contributed by atoms with Gasteiger partial charge in [0.15, 0.2) is 0 Å². The Morgan fingerprint density at radius 3 is 1.27 bits per heavy atom. The van der Waals surface area contributed by atoms with Crippen molar-refractivity contribution < 1.29 is 17.9 Å². The molecule has 0 amide bonds. The SMILES string of the molecule is CCC1=Cc2c(-c3cccc4ccccc34)cccc2[CH]1[Zr]([CH3])([CH3])([CH]1C(CC)=Cc2c(-c3cccc4ccccc34)cccc21)[SiH](C)C. The molecule has 0 radical (unpaired) electrons. The van der Waals surface area contributed by atoms with Crippen molar-refractivity contribution >= 4 is 39.6 Å². The molecule has 48 heavy (non-hydrogen) atoms. The van der Waals surface area contributed by atoms with Gasteiger partial charge < -0.3 is 0 Å². The normalized spacial score (nSPS) is 18.0. The van der Waals surface area contributed by atoms with Crippen molar-refractivity contribution in [1.82, 2.24) is 0 Å². The van der Waals surface area contributed by atoms with Gasteiger partial charge in [-0.05, 0) is 0 Å². The van der Waals surface area contributed by atoms with Crippen LogP contribution in [0, 0.1) is 0 Å². The fourth-order valence-electron chi connectivity index (χ4n) is 9.92. The summed E-state index contributed by atoms with van der Waals surface area (Å²) in [6.45, 7) is 10.3. The van der Waals surface area contributed by atoms with Crippen LogP contribution in [-0.2, 0) is 17.9 Å². The van der Waals surface area contributed by atoms with Crippen LogP contribution in [0.25, 0.3) is 56.0 Å². The van der Waals surface area contributed by atoms with Crippen molar-refractivity contribution in [2.75, 3.05) is 0 Å². The first-order valence-electron chi connectivity index (χ1n) is 18.1. The summed E-state index contributed by atoms with van der Waals surface area (Å²) in [5.41, 5.74) is 15.1. The molecular weight excluding hydrogens is 672 g/mol. The van der Waals surface area contributed by atoms with Crippen LogP contribution in [0.5, 0.6) is 0 Å². The number of allylic oxidation sites excluding steroid dienone is 2. The van der Waals surface area contributed by atoms with Crippen LogP contribution in [0.15, 0.2) is 132 Å². The monoisotopic (exact) mass is 717 g/mol. The van der Waals surface area contributed by atoms with Crippen LogP contribution >= 0.6 is 0 Å². The maximum absolute atomic E-state index is 3.79. The van der Waals surface area contributed by atoms with E-state index in [0.29, 0.717) is 7.25 Å². The van der Waals surface area contributed by atoms with Crippen molar-refractivity contribution in [3.05, 3.63) is 155 Å². The number of rotatable bonds is 7. The van der Waals surface area contributed by atoms with Gasteiger partial charge in [-0.25, -0.2) is 0 Å². The Bertz CT molecular complexity index is 2130. The van der Waals surface area contributed by atoms with Gasteiger partial charge in [-0.1, -0.05) is 0 Å². The van der Waals surface area contributed by atoms with E-state index in [1.54, 1.807) is 22.3 Å². The molecular formula is C46H47SiZr. The van der Waals surface area contributed by atoms with Crippen LogP contribution in [0.3, 0.4) is 0 Å². The Balaban J connectivity index is 1.35. The van der Waals surface area contributed by atoms with Crippen LogP contribution in [0.4, 0.5) is 0 Å². The first-order chi connectivity index (χ1) is 23.3. The molecule has 0 aromatic heterocycles.